The third-order valence-corrected chi connectivity index (χ3v) is 3.97. The number of anilines is 2. The van der Waals surface area contributed by atoms with Crippen LogP contribution in [-0.2, 0) is 12.1 Å². The molecule has 3 rings (SSSR count). The van der Waals surface area contributed by atoms with Gasteiger partial charge in [-0.1, -0.05) is 41.9 Å². The fourth-order valence-corrected chi connectivity index (χ4v) is 2.55. The Hall–Kier alpha value is -2.90. The van der Waals surface area contributed by atoms with E-state index in [2.05, 4.69) is 15.9 Å². The number of halogens is 1. The van der Waals surface area contributed by atoms with Gasteiger partial charge in [-0.2, -0.15) is 0 Å². The number of nitrogens with zero attached hydrogens (tertiary/aromatic N) is 2. The lowest BCUT2D eigenvalue weighted by molar-refractivity contribution is -0.774. The smallest absolute Gasteiger partial charge is 0.326 e. The van der Waals surface area contributed by atoms with Crippen LogP contribution in [0.1, 0.15) is 12.5 Å². The van der Waals surface area contributed by atoms with Crippen molar-refractivity contribution >= 4 is 29.2 Å². The number of carbonyl (C=O) groups excluding carboxylic acids is 1. The van der Waals surface area contributed by atoms with E-state index < -0.39 is 11.6 Å². The second-order valence-electron chi connectivity index (χ2n) is 5.99. The molecule has 0 aliphatic rings. The van der Waals surface area contributed by atoms with E-state index in [9.17, 15) is 9.90 Å². The molecule has 0 bridgehead atoms. The highest BCUT2D eigenvalue weighted by molar-refractivity contribution is 6.30. The number of aliphatic hydroxyl groups is 1. The zero-order valence-corrected chi connectivity index (χ0v) is 14.8. The highest BCUT2D eigenvalue weighted by Crippen LogP contribution is 2.20. The maximum Gasteiger partial charge on any atom is 0.326 e. The summed E-state index contributed by atoms with van der Waals surface area (Å²) >= 11 is 5.80. The molecule has 0 aliphatic carbocycles. The molecule has 2 amide bonds. The highest BCUT2D eigenvalue weighted by Gasteiger charge is 2.30. The van der Waals surface area contributed by atoms with E-state index in [-0.39, 0.29) is 12.4 Å². The van der Waals surface area contributed by atoms with Crippen molar-refractivity contribution in [3.05, 3.63) is 71.4 Å². The molecule has 1 atom stereocenters. The maximum atomic E-state index is 12.0. The molecule has 3 N–H and O–H groups in total. The Morgan fingerprint density at radius 3 is 2.58 bits per heavy atom. The molecule has 3 aromatic rings. The lowest BCUT2D eigenvalue weighted by Gasteiger charge is -2.18. The van der Waals surface area contributed by atoms with Gasteiger partial charge >= 0.3 is 11.9 Å². The Balaban J connectivity index is 1.61. The first-order chi connectivity index (χ1) is 12.4. The summed E-state index contributed by atoms with van der Waals surface area (Å²) in [5.41, 5.74) is 0.211. The average Bonchev–Trinajstić information content (AvgIpc) is 3.03. The molecule has 26 heavy (non-hydrogen) atoms. The second kappa shape index (κ2) is 7.55. The lowest BCUT2D eigenvalue weighted by atomic mass is 9.96. The van der Waals surface area contributed by atoms with Crippen molar-refractivity contribution in [1.82, 2.24) is 5.27 Å². The van der Waals surface area contributed by atoms with Gasteiger partial charge in [-0.3, -0.25) is 9.84 Å². The van der Waals surface area contributed by atoms with Gasteiger partial charge < -0.3 is 10.4 Å². The van der Waals surface area contributed by atoms with Gasteiger partial charge in [0.15, 0.2) is 0 Å². The molecular weight excluding hydrogens is 356 g/mol. The van der Waals surface area contributed by atoms with Crippen molar-refractivity contribution in [1.29, 1.82) is 0 Å². The molecule has 0 spiro atoms. The van der Waals surface area contributed by atoms with Crippen LogP contribution in [0.5, 0.6) is 0 Å². The summed E-state index contributed by atoms with van der Waals surface area (Å²) in [6.45, 7) is 1.85. The summed E-state index contributed by atoms with van der Waals surface area (Å²) in [5, 5.41) is 20.2. The Bertz CT molecular complexity index is 879. The van der Waals surface area contributed by atoms with Crippen LogP contribution in [-0.4, -0.2) is 16.4 Å². The van der Waals surface area contributed by atoms with E-state index in [1.165, 1.54) is 10.9 Å². The number of rotatable bonds is 5. The second-order valence-corrected chi connectivity index (χ2v) is 6.43. The van der Waals surface area contributed by atoms with Crippen molar-refractivity contribution in [3.63, 3.8) is 0 Å². The normalized spacial score (nSPS) is 13.0. The Labute approximate surface area is 155 Å². The number of aromatic nitrogens is 2. The molecule has 134 valence electrons. The van der Waals surface area contributed by atoms with Gasteiger partial charge in [0, 0.05) is 10.7 Å². The van der Waals surface area contributed by atoms with Gasteiger partial charge in [0.05, 0.1) is 0 Å². The molecule has 0 saturated heterocycles. The van der Waals surface area contributed by atoms with Crippen LogP contribution >= 0.6 is 11.6 Å². The molecule has 1 aromatic heterocycles. The molecule has 1 heterocycles. The van der Waals surface area contributed by atoms with E-state index in [4.69, 9.17) is 16.1 Å². The van der Waals surface area contributed by atoms with Crippen molar-refractivity contribution in [2.75, 3.05) is 10.6 Å². The fourth-order valence-electron chi connectivity index (χ4n) is 2.42. The fraction of sp³-hybridized carbons (Fsp3) is 0.167. The van der Waals surface area contributed by atoms with Crippen LogP contribution in [0.3, 0.4) is 0 Å². The first-order valence-electron chi connectivity index (χ1n) is 7.90. The van der Waals surface area contributed by atoms with Gasteiger partial charge in [-0.05, 0) is 41.4 Å². The zero-order chi connectivity index (χ0) is 18.6. The molecule has 0 aliphatic heterocycles. The average molecular weight is 374 g/mol. The molecule has 7 nitrogen and oxygen atoms in total. The number of nitrogens with one attached hydrogen (secondary N) is 2. The Morgan fingerprint density at radius 1 is 1.19 bits per heavy atom. The first-order valence-corrected chi connectivity index (χ1v) is 8.28. The minimum Gasteiger partial charge on any atom is -0.379 e. The van der Waals surface area contributed by atoms with Crippen LogP contribution < -0.4 is 15.3 Å². The van der Waals surface area contributed by atoms with E-state index in [1.54, 1.807) is 31.2 Å². The minimum atomic E-state index is -1.13. The standard InChI is InChI=1S/C18H17ClN4O3/c1-18(25,13-5-3-2-4-6-13)12-23-11-16(26-22-23)21-17(24)20-15-9-7-14(19)8-10-15/h2-11,25H,12H2,1H3,(H-,20,21,22,24)/p+1. The van der Waals surface area contributed by atoms with Crippen LogP contribution in [0.15, 0.2) is 65.3 Å². The molecule has 0 fully saturated rings. The third kappa shape index (κ3) is 4.59. The summed E-state index contributed by atoms with van der Waals surface area (Å²) in [4.78, 5) is 12.0. The van der Waals surface area contributed by atoms with Crippen molar-refractivity contribution in [2.24, 2.45) is 0 Å². The number of hydrogen-bond donors (Lipinski definition) is 3. The topological polar surface area (TPSA) is 91.3 Å². The first kappa shape index (κ1) is 17.9. The Morgan fingerprint density at radius 2 is 1.88 bits per heavy atom. The summed E-state index contributed by atoms with van der Waals surface area (Å²) in [7, 11) is 0. The predicted molar refractivity (Wildman–Crippen MR) is 96.8 cm³/mol. The van der Waals surface area contributed by atoms with Gasteiger partial charge in [0.2, 0.25) is 11.8 Å². The highest BCUT2D eigenvalue weighted by atomic mass is 35.5. The predicted octanol–water partition coefficient (Wildman–Crippen LogP) is 3.17. The summed E-state index contributed by atoms with van der Waals surface area (Å²) in [6, 6.07) is 15.5. The SMILES string of the molecule is CC(O)(C[n+]1cc(NC(=O)Nc2ccc(Cl)cc2)on1)c1ccccc1. The number of amides is 2. The van der Waals surface area contributed by atoms with E-state index >= 15 is 0 Å². The quantitative estimate of drug-likeness (QED) is 0.599. The number of carbonyl (C=O) groups is 1. The third-order valence-electron chi connectivity index (χ3n) is 3.71. The van der Waals surface area contributed by atoms with E-state index in [0.29, 0.717) is 10.7 Å². The largest absolute Gasteiger partial charge is 0.379 e. The number of benzene rings is 2. The van der Waals surface area contributed by atoms with E-state index in [1.807, 2.05) is 30.3 Å². The minimum absolute atomic E-state index is 0.153. The number of hydrogen-bond acceptors (Lipinski definition) is 4. The van der Waals surface area contributed by atoms with Gasteiger partial charge in [0.1, 0.15) is 5.60 Å². The monoisotopic (exact) mass is 373 g/mol. The van der Waals surface area contributed by atoms with Crippen LogP contribution in [0, 0.1) is 0 Å². The maximum absolute atomic E-state index is 12.0. The van der Waals surface area contributed by atoms with E-state index in [0.717, 1.165) is 5.56 Å². The molecular formula is C18H18ClN4O3+. The summed E-state index contributed by atoms with van der Waals surface area (Å²) in [6.07, 6.45) is 1.50. The van der Waals surface area contributed by atoms with Gasteiger partial charge in [-0.25, -0.2) is 4.79 Å². The van der Waals surface area contributed by atoms with Crippen molar-refractivity contribution in [3.8, 4) is 0 Å². The zero-order valence-electron chi connectivity index (χ0n) is 14.0. The van der Waals surface area contributed by atoms with Crippen molar-refractivity contribution < 1.29 is 19.1 Å². The Kier molecular flexibility index (Phi) is 5.20. The molecule has 0 radical (unpaired) electrons. The molecule has 2 aromatic carbocycles. The van der Waals surface area contributed by atoms with Crippen LogP contribution in [0.25, 0.3) is 0 Å². The van der Waals surface area contributed by atoms with Crippen molar-refractivity contribution in [2.45, 2.75) is 19.1 Å². The van der Waals surface area contributed by atoms with Crippen LogP contribution in [0.2, 0.25) is 5.02 Å². The molecule has 8 heteroatoms. The molecule has 0 saturated carbocycles. The van der Waals surface area contributed by atoms with Gasteiger partial charge in [-0.15, -0.1) is 0 Å². The molecule has 1 unspecified atom stereocenters. The van der Waals surface area contributed by atoms with Gasteiger partial charge in [0.25, 0.3) is 6.20 Å². The number of urea groups is 1. The summed E-state index contributed by atoms with van der Waals surface area (Å²) in [5.74, 6) is 0.153. The van der Waals surface area contributed by atoms with Crippen LogP contribution in [0.4, 0.5) is 16.4 Å². The lowest BCUT2D eigenvalue weighted by Crippen LogP contribution is -2.45. The summed E-state index contributed by atoms with van der Waals surface area (Å²) < 4.78 is 6.50.